The Hall–Kier alpha value is -3.41. The fraction of sp³-hybridized carbons (Fsp3) is 0.370. The summed E-state index contributed by atoms with van der Waals surface area (Å²) in [5.41, 5.74) is 3.81. The fourth-order valence-electron chi connectivity index (χ4n) is 4.27. The van der Waals surface area contributed by atoms with Gasteiger partial charge < -0.3 is 5.32 Å². The van der Waals surface area contributed by atoms with E-state index in [1.54, 1.807) is 9.58 Å². The normalized spacial score (nSPS) is 18.2. The number of aromatic nitrogens is 2. The van der Waals surface area contributed by atoms with Crippen LogP contribution in [0.1, 0.15) is 60.6 Å². The minimum absolute atomic E-state index is 0.208. The van der Waals surface area contributed by atoms with Crippen molar-refractivity contribution in [2.24, 2.45) is 0 Å². The van der Waals surface area contributed by atoms with E-state index in [-0.39, 0.29) is 23.8 Å². The van der Waals surface area contributed by atoms with Gasteiger partial charge in [-0.15, -0.1) is 0 Å². The number of amides is 2. The van der Waals surface area contributed by atoms with E-state index < -0.39 is 5.54 Å². The lowest BCUT2D eigenvalue weighted by molar-refractivity contribution is -0.126. The van der Waals surface area contributed by atoms with Gasteiger partial charge in [-0.3, -0.25) is 19.2 Å². The Balaban J connectivity index is 1.79. The summed E-state index contributed by atoms with van der Waals surface area (Å²) in [6, 6.07) is 17.5. The summed E-state index contributed by atoms with van der Waals surface area (Å²) >= 11 is 0. The molecule has 1 aromatic heterocycles. The van der Waals surface area contributed by atoms with Gasteiger partial charge in [-0.05, 0) is 49.6 Å². The van der Waals surface area contributed by atoms with Gasteiger partial charge in [0, 0.05) is 17.6 Å². The van der Waals surface area contributed by atoms with E-state index in [1.807, 2.05) is 75.4 Å². The van der Waals surface area contributed by atoms with Crippen molar-refractivity contribution in [2.45, 2.75) is 65.6 Å². The number of benzene rings is 2. The number of rotatable bonds is 4. The van der Waals surface area contributed by atoms with Crippen LogP contribution in [-0.4, -0.2) is 27.1 Å². The van der Waals surface area contributed by atoms with Crippen LogP contribution in [0.4, 0.5) is 5.69 Å². The van der Waals surface area contributed by atoms with Gasteiger partial charge >= 0.3 is 0 Å². The smallest absolute Gasteiger partial charge is 0.277 e. The van der Waals surface area contributed by atoms with Crippen molar-refractivity contribution >= 4 is 17.5 Å². The number of anilines is 1. The van der Waals surface area contributed by atoms with Gasteiger partial charge in [0.2, 0.25) is 5.91 Å². The maximum absolute atomic E-state index is 13.9. The molecule has 3 aromatic rings. The van der Waals surface area contributed by atoms with E-state index in [0.29, 0.717) is 12.2 Å². The van der Waals surface area contributed by atoms with Gasteiger partial charge in [0.15, 0.2) is 0 Å². The second-order valence-corrected chi connectivity index (χ2v) is 10.1. The van der Waals surface area contributed by atoms with Crippen LogP contribution >= 0.6 is 0 Å². The molecule has 1 N–H and O–H groups in total. The lowest BCUT2D eigenvalue weighted by atomic mass is 9.91. The summed E-state index contributed by atoms with van der Waals surface area (Å²) in [5, 5.41) is 7.78. The zero-order valence-corrected chi connectivity index (χ0v) is 20.3. The Bertz CT molecular complexity index is 1210. The SMILES string of the molecule is Cc1cccc(N2C(=O)c3cc(C(C)(C)C)nn3C[C@@]2(C)C(=O)NCc2ccccc2)c1C. The van der Waals surface area contributed by atoms with Crippen molar-refractivity contribution < 1.29 is 9.59 Å². The predicted octanol–water partition coefficient (Wildman–Crippen LogP) is 4.53. The second kappa shape index (κ2) is 8.18. The second-order valence-electron chi connectivity index (χ2n) is 10.1. The largest absolute Gasteiger partial charge is 0.350 e. The number of carbonyl (C=O) groups excluding carboxylic acids is 2. The average molecular weight is 445 g/mol. The zero-order valence-electron chi connectivity index (χ0n) is 20.3. The first-order chi connectivity index (χ1) is 15.5. The van der Waals surface area contributed by atoms with Crippen molar-refractivity contribution in [2.75, 3.05) is 4.90 Å². The van der Waals surface area contributed by atoms with Crippen LogP contribution in [0, 0.1) is 13.8 Å². The molecular formula is C27H32N4O2. The Labute approximate surface area is 195 Å². The van der Waals surface area contributed by atoms with Gasteiger partial charge in [-0.2, -0.15) is 5.10 Å². The third kappa shape index (κ3) is 4.06. The van der Waals surface area contributed by atoms with E-state index >= 15 is 0 Å². The number of fused-ring (bicyclic) bond motifs is 1. The molecule has 6 heteroatoms. The van der Waals surface area contributed by atoms with Gasteiger partial charge in [0.05, 0.1) is 12.2 Å². The molecular weight excluding hydrogens is 412 g/mol. The standard InChI is InChI=1S/C27H32N4O2/c1-18-11-10-14-21(19(18)2)31-24(32)22-15-23(26(3,4)5)29-30(22)17-27(31,6)25(33)28-16-20-12-8-7-9-13-20/h7-15H,16-17H2,1-6H3,(H,28,33)/t27-/m0/s1. The van der Waals surface area contributed by atoms with Crippen LogP contribution in [0.5, 0.6) is 0 Å². The number of aryl methyl sites for hydroxylation is 1. The van der Waals surface area contributed by atoms with Crippen molar-refractivity contribution in [3.05, 3.63) is 82.7 Å². The van der Waals surface area contributed by atoms with Gasteiger partial charge in [-0.1, -0.05) is 63.2 Å². The number of hydrogen-bond acceptors (Lipinski definition) is 3. The minimum atomic E-state index is -1.14. The molecule has 33 heavy (non-hydrogen) atoms. The third-order valence-electron chi connectivity index (χ3n) is 6.52. The van der Waals surface area contributed by atoms with Crippen LogP contribution in [0.2, 0.25) is 0 Å². The molecule has 0 saturated carbocycles. The Morgan fingerprint density at radius 1 is 1.09 bits per heavy atom. The van der Waals surface area contributed by atoms with Gasteiger partial charge in [0.1, 0.15) is 11.2 Å². The molecule has 0 saturated heterocycles. The van der Waals surface area contributed by atoms with E-state index in [9.17, 15) is 9.59 Å². The molecule has 0 unspecified atom stereocenters. The maximum Gasteiger partial charge on any atom is 0.277 e. The quantitative estimate of drug-likeness (QED) is 0.643. The first-order valence-electron chi connectivity index (χ1n) is 11.3. The van der Waals surface area contributed by atoms with Crippen molar-refractivity contribution in [1.29, 1.82) is 0 Å². The summed E-state index contributed by atoms with van der Waals surface area (Å²) in [6.07, 6.45) is 0. The number of carbonyl (C=O) groups is 2. The number of hydrogen-bond donors (Lipinski definition) is 1. The molecule has 0 fully saturated rings. The molecule has 4 rings (SSSR count). The molecule has 0 spiro atoms. The molecule has 6 nitrogen and oxygen atoms in total. The van der Waals surface area contributed by atoms with Crippen LogP contribution in [0.25, 0.3) is 0 Å². The monoisotopic (exact) mass is 444 g/mol. The highest BCUT2D eigenvalue weighted by Crippen LogP contribution is 2.36. The Kier molecular flexibility index (Phi) is 5.64. The van der Waals surface area contributed by atoms with E-state index in [1.165, 1.54) is 0 Å². The van der Waals surface area contributed by atoms with Gasteiger partial charge in [0.25, 0.3) is 5.91 Å². The summed E-state index contributed by atoms with van der Waals surface area (Å²) in [4.78, 5) is 29.3. The summed E-state index contributed by atoms with van der Waals surface area (Å²) in [6.45, 7) is 12.7. The van der Waals surface area contributed by atoms with Crippen LogP contribution in [0.3, 0.4) is 0 Å². The number of nitrogens with zero attached hydrogens (tertiary/aromatic N) is 3. The molecule has 2 aromatic carbocycles. The van der Waals surface area contributed by atoms with E-state index in [2.05, 4.69) is 26.1 Å². The van der Waals surface area contributed by atoms with Gasteiger partial charge in [-0.25, -0.2) is 0 Å². The van der Waals surface area contributed by atoms with Crippen molar-refractivity contribution in [1.82, 2.24) is 15.1 Å². The minimum Gasteiger partial charge on any atom is -0.350 e. The molecule has 2 amide bonds. The predicted molar refractivity (Wildman–Crippen MR) is 130 cm³/mol. The lowest BCUT2D eigenvalue weighted by Gasteiger charge is -2.43. The summed E-state index contributed by atoms with van der Waals surface area (Å²) in [5.74, 6) is -0.422. The Morgan fingerprint density at radius 3 is 2.45 bits per heavy atom. The molecule has 172 valence electrons. The lowest BCUT2D eigenvalue weighted by Crippen LogP contribution is -2.64. The first-order valence-corrected chi connectivity index (χ1v) is 11.3. The van der Waals surface area contributed by atoms with Crippen LogP contribution in [-0.2, 0) is 23.3 Å². The van der Waals surface area contributed by atoms with Crippen LogP contribution < -0.4 is 10.2 Å². The van der Waals surface area contributed by atoms with Crippen molar-refractivity contribution in [3.63, 3.8) is 0 Å². The highest BCUT2D eigenvalue weighted by atomic mass is 16.2. The molecule has 0 aliphatic carbocycles. The van der Waals surface area contributed by atoms with E-state index in [4.69, 9.17) is 5.10 Å². The molecule has 1 aliphatic heterocycles. The van der Waals surface area contributed by atoms with Crippen LogP contribution in [0.15, 0.2) is 54.6 Å². The Morgan fingerprint density at radius 2 is 1.79 bits per heavy atom. The highest BCUT2D eigenvalue weighted by molar-refractivity contribution is 6.12. The summed E-state index contributed by atoms with van der Waals surface area (Å²) in [7, 11) is 0. The highest BCUT2D eigenvalue weighted by Gasteiger charge is 2.49. The average Bonchev–Trinajstić information content (AvgIpc) is 3.20. The fourth-order valence-corrected chi connectivity index (χ4v) is 4.27. The molecule has 1 aliphatic rings. The maximum atomic E-state index is 13.9. The topological polar surface area (TPSA) is 67.2 Å². The number of nitrogens with one attached hydrogen (secondary N) is 1. The molecule has 1 atom stereocenters. The first kappa shape index (κ1) is 22.8. The molecule has 0 radical (unpaired) electrons. The molecule has 0 bridgehead atoms. The summed E-state index contributed by atoms with van der Waals surface area (Å²) < 4.78 is 1.70. The van der Waals surface area contributed by atoms with Crippen molar-refractivity contribution in [3.8, 4) is 0 Å². The molecule has 2 heterocycles. The third-order valence-corrected chi connectivity index (χ3v) is 6.52. The van der Waals surface area contributed by atoms with E-state index in [0.717, 1.165) is 28.1 Å². The zero-order chi connectivity index (χ0) is 24.0.